The van der Waals surface area contributed by atoms with Crippen molar-refractivity contribution in [3.8, 4) is 5.75 Å². The summed E-state index contributed by atoms with van der Waals surface area (Å²) >= 11 is 0. The molecule has 0 bridgehead atoms. The van der Waals surface area contributed by atoms with E-state index in [9.17, 15) is 9.59 Å². The van der Waals surface area contributed by atoms with Crippen molar-refractivity contribution < 1.29 is 14.3 Å². The van der Waals surface area contributed by atoms with Gasteiger partial charge in [-0.05, 0) is 73.6 Å². The van der Waals surface area contributed by atoms with Gasteiger partial charge < -0.3 is 4.74 Å². The van der Waals surface area contributed by atoms with E-state index >= 15 is 0 Å². The van der Waals surface area contributed by atoms with Gasteiger partial charge in [0.05, 0.1) is 12.5 Å². The van der Waals surface area contributed by atoms with Crippen LogP contribution in [0.5, 0.6) is 5.75 Å². The molecule has 1 heterocycles. The molecule has 4 rings (SSSR count). The summed E-state index contributed by atoms with van der Waals surface area (Å²) in [5.41, 5.74) is 2.43. The number of benzene rings is 1. The third-order valence-corrected chi connectivity index (χ3v) is 7.07. The van der Waals surface area contributed by atoms with Crippen LogP contribution in [0.15, 0.2) is 18.2 Å². The topological polar surface area (TPSA) is 46.6 Å². The lowest BCUT2D eigenvalue weighted by Gasteiger charge is -2.54. The van der Waals surface area contributed by atoms with E-state index in [4.69, 9.17) is 4.74 Å². The first-order valence-corrected chi connectivity index (χ1v) is 9.51. The highest BCUT2D eigenvalue weighted by atomic mass is 16.5. The number of hydrogen-bond acceptors (Lipinski definition) is 3. The number of carbonyl (C=O) groups excluding carboxylic acids is 2. The second-order valence-corrected chi connectivity index (χ2v) is 8.08. The van der Waals surface area contributed by atoms with Crippen LogP contribution < -0.4 is 4.74 Å². The minimum Gasteiger partial charge on any atom is -0.497 e. The number of ether oxygens (including phenoxy) is 1. The number of methoxy groups -OCH3 is 1. The smallest absolute Gasteiger partial charge is 0.235 e. The Morgan fingerprint density at radius 1 is 1.28 bits per heavy atom. The SMILES string of the molecule is CCN1C(=O)CC2C3CCc4cc(OC)ccc4C3CC[C@]2(C)C1=O. The first kappa shape index (κ1) is 16.6. The standard InChI is InChI=1S/C21H27NO3/c1-4-22-19(23)12-18-17-7-5-13-11-14(25-3)6-8-15(13)16(17)9-10-21(18,2)20(22)24/h6,8,11,16-18H,4-5,7,9-10,12H2,1-3H3/t16?,17?,18?,21-/m0/s1. The van der Waals surface area contributed by atoms with Gasteiger partial charge in [-0.1, -0.05) is 13.0 Å². The number of fused-ring (bicyclic) bond motifs is 5. The van der Waals surface area contributed by atoms with Gasteiger partial charge in [0.15, 0.2) is 0 Å². The van der Waals surface area contributed by atoms with Gasteiger partial charge in [0.25, 0.3) is 0 Å². The lowest BCUT2D eigenvalue weighted by atomic mass is 9.52. The fourth-order valence-corrected chi connectivity index (χ4v) is 5.69. The summed E-state index contributed by atoms with van der Waals surface area (Å²) in [4.78, 5) is 27.0. The van der Waals surface area contributed by atoms with Crippen LogP contribution in [0.2, 0.25) is 0 Å². The fourth-order valence-electron chi connectivity index (χ4n) is 5.69. The van der Waals surface area contributed by atoms with E-state index in [1.54, 1.807) is 7.11 Å². The fraction of sp³-hybridized carbons (Fsp3) is 0.619. The summed E-state index contributed by atoms with van der Waals surface area (Å²) < 4.78 is 5.38. The lowest BCUT2D eigenvalue weighted by molar-refractivity contribution is -0.167. The molecule has 1 saturated heterocycles. The molecule has 0 N–H and O–H groups in total. The minimum absolute atomic E-state index is 0.0242. The van der Waals surface area contributed by atoms with Crippen LogP contribution in [0.25, 0.3) is 0 Å². The third kappa shape index (κ3) is 2.33. The average molecular weight is 341 g/mol. The molecule has 2 aliphatic carbocycles. The van der Waals surface area contributed by atoms with Crippen LogP contribution in [0.4, 0.5) is 0 Å². The van der Waals surface area contributed by atoms with Crippen LogP contribution >= 0.6 is 0 Å². The molecule has 2 amide bonds. The second-order valence-electron chi connectivity index (χ2n) is 8.08. The quantitative estimate of drug-likeness (QED) is 0.773. The normalized spacial score (nSPS) is 34.2. The van der Waals surface area contributed by atoms with E-state index in [1.165, 1.54) is 16.0 Å². The molecule has 2 fully saturated rings. The third-order valence-electron chi connectivity index (χ3n) is 7.07. The molecular weight excluding hydrogens is 314 g/mol. The zero-order chi connectivity index (χ0) is 17.8. The van der Waals surface area contributed by atoms with Gasteiger partial charge in [0.1, 0.15) is 5.75 Å². The number of hydrogen-bond donors (Lipinski definition) is 0. The predicted octanol–water partition coefficient (Wildman–Crippen LogP) is 3.54. The molecule has 1 aliphatic heterocycles. The van der Waals surface area contributed by atoms with Crippen molar-refractivity contribution in [3.63, 3.8) is 0 Å². The molecule has 4 nitrogen and oxygen atoms in total. The lowest BCUT2D eigenvalue weighted by Crippen LogP contribution is -2.59. The van der Waals surface area contributed by atoms with Gasteiger partial charge in [-0.3, -0.25) is 14.5 Å². The predicted molar refractivity (Wildman–Crippen MR) is 95.4 cm³/mol. The van der Waals surface area contributed by atoms with Crippen molar-refractivity contribution in [1.29, 1.82) is 0 Å². The molecule has 4 heteroatoms. The summed E-state index contributed by atoms with van der Waals surface area (Å²) in [6.45, 7) is 4.50. The molecule has 1 aromatic carbocycles. The van der Waals surface area contributed by atoms with E-state index in [2.05, 4.69) is 19.1 Å². The number of rotatable bonds is 2. The first-order chi connectivity index (χ1) is 12.0. The zero-order valence-corrected chi connectivity index (χ0v) is 15.4. The molecule has 4 atom stereocenters. The Hall–Kier alpha value is -1.84. The summed E-state index contributed by atoms with van der Waals surface area (Å²) in [7, 11) is 1.71. The molecular formula is C21H27NO3. The van der Waals surface area contributed by atoms with E-state index in [0.717, 1.165) is 31.4 Å². The molecule has 1 saturated carbocycles. The number of imide groups is 1. The number of aryl methyl sites for hydroxylation is 1. The zero-order valence-electron chi connectivity index (χ0n) is 15.4. The van der Waals surface area contributed by atoms with Crippen molar-refractivity contribution in [1.82, 2.24) is 4.90 Å². The summed E-state index contributed by atoms with van der Waals surface area (Å²) in [5.74, 6) is 2.10. The van der Waals surface area contributed by atoms with Gasteiger partial charge in [-0.2, -0.15) is 0 Å². The van der Waals surface area contributed by atoms with Crippen LogP contribution in [0.3, 0.4) is 0 Å². The van der Waals surface area contributed by atoms with Crippen LogP contribution in [-0.2, 0) is 16.0 Å². The van der Waals surface area contributed by atoms with Gasteiger partial charge in [-0.15, -0.1) is 0 Å². The van der Waals surface area contributed by atoms with Gasteiger partial charge in [0, 0.05) is 13.0 Å². The second kappa shape index (κ2) is 5.86. The van der Waals surface area contributed by atoms with Crippen molar-refractivity contribution in [2.45, 2.75) is 51.9 Å². The maximum absolute atomic E-state index is 13.0. The molecule has 0 radical (unpaired) electrons. The average Bonchev–Trinajstić information content (AvgIpc) is 2.62. The van der Waals surface area contributed by atoms with E-state index in [0.29, 0.717) is 24.8 Å². The number of nitrogens with zero attached hydrogens (tertiary/aromatic N) is 1. The minimum atomic E-state index is -0.366. The Balaban J connectivity index is 1.69. The van der Waals surface area contributed by atoms with Crippen molar-refractivity contribution in [3.05, 3.63) is 29.3 Å². The van der Waals surface area contributed by atoms with Gasteiger partial charge >= 0.3 is 0 Å². The molecule has 3 aliphatic rings. The highest BCUT2D eigenvalue weighted by Crippen LogP contribution is 2.58. The molecule has 134 valence electrons. The number of likely N-dealkylation sites (tertiary alicyclic amines) is 1. The molecule has 0 aromatic heterocycles. The maximum atomic E-state index is 13.0. The molecule has 25 heavy (non-hydrogen) atoms. The van der Waals surface area contributed by atoms with Crippen molar-refractivity contribution in [2.24, 2.45) is 17.3 Å². The van der Waals surface area contributed by atoms with Gasteiger partial charge in [0.2, 0.25) is 11.8 Å². The van der Waals surface area contributed by atoms with Gasteiger partial charge in [-0.25, -0.2) is 0 Å². The number of piperidine rings is 1. The summed E-state index contributed by atoms with van der Waals surface area (Å²) in [6, 6.07) is 6.42. The molecule has 1 aromatic rings. The Bertz CT molecular complexity index is 728. The maximum Gasteiger partial charge on any atom is 0.235 e. The van der Waals surface area contributed by atoms with E-state index < -0.39 is 0 Å². The first-order valence-electron chi connectivity index (χ1n) is 9.51. The Morgan fingerprint density at radius 3 is 2.80 bits per heavy atom. The van der Waals surface area contributed by atoms with E-state index in [-0.39, 0.29) is 23.1 Å². The van der Waals surface area contributed by atoms with Crippen LogP contribution in [-0.4, -0.2) is 30.4 Å². The largest absolute Gasteiger partial charge is 0.497 e. The van der Waals surface area contributed by atoms with Crippen molar-refractivity contribution >= 4 is 11.8 Å². The Kier molecular flexibility index (Phi) is 3.89. The molecule has 0 spiro atoms. The Morgan fingerprint density at radius 2 is 2.08 bits per heavy atom. The van der Waals surface area contributed by atoms with E-state index in [1.807, 2.05) is 13.0 Å². The van der Waals surface area contributed by atoms with Crippen molar-refractivity contribution in [2.75, 3.05) is 13.7 Å². The molecule has 3 unspecified atom stereocenters. The summed E-state index contributed by atoms with van der Waals surface area (Å²) in [6.07, 6.45) is 4.53. The number of carbonyl (C=O) groups is 2. The highest BCUT2D eigenvalue weighted by Gasteiger charge is 2.56. The highest BCUT2D eigenvalue weighted by molar-refractivity contribution is 6.01. The van der Waals surface area contributed by atoms with Crippen LogP contribution in [0, 0.1) is 17.3 Å². The monoisotopic (exact) mass is 341 g/mol. The summed E-state index contributed by atoms with van der Waals surface area (Å²) in [5, 5.41) is 0. The Labute approximate surface area is 149 Å². The van der Waals surface area contributed by atoms with Crippen LogP contribution in [0.1, 0.15) is 56.6 Å². The number of amides is 2.